The molecule has 3 N–H and O–H groups in total. The summed E-state index contributed by atoms with van der Waals surface area (Å²) >= 11 is 0. The van der Waals surface area contributed by atoms with Gasteiger partial charge in [-0.1, -0.05) is 24.0 Å². The first-order valence-electron chi connectivity index (χ1n) is 9.08. The number of carbonyl (C=O) groups excluding carboxylic acids is 1. The van der Waals surface area contributed by atoms with E-state index in [0.29, 0.717) is 23.8 Å². The van der Waals surface area contributed by atoms with E-state index in [1.54, 1.807) is 32.4 Å². The summed E-state index contributed by atoms with van der Waals surface area (Å²) in [6.45, 7) is 0.324. The van der Waals surface area contributed by atoms with Crippen molar-refractivity contribution < 1.29 is 19.0 Å². The second-order valence-corrected chi connectivity index (χ2v) is 6.34. The third-order valence-corrected chi connectivity index (χ3v) is 4.44. The molecule has 0 saturated heterocycles. The topological polar surface area (TPSA) is 82.8 Å². The highest BCUT2D eigenvalue weighted by atomic mass is 16.5. The van der Waals surface area contributed by atoms with Crippen LogP contribution < -0.4 is 25.3 Å². The molecule has 0 fully saturated rings. The Morgan fingerprint density at radius 1 is 1.07 bits per heavy atom. The van der Waals surface area contributed by atoms with Crippen molar-refractivity contribution in [3.05, 3.63) is 53.6 Å². The lowest BCUT2D eigenvalue weighted by molar-refractivity contribution is -0.123. The number of ether oxygens (including phenoxy) is 3. The van der Waals surface area contributed by atoms with E-state index in [-0.39, 0.29) is 24.5 Å². The molecule has 2 aromatic carbocycles. The Morgan fingerprint density at radius 3 is 2.41 bits per heavy atom. The standard InChI is InChI=1S/C23H22N2O4/c1-27-19-11-12-20(21(13-19)28-2)23(24)17-7-9-18(10-8-17)29-15-22(26)25-14-16-5-3-4-6-16/h7-13,16,23H,14-15,24H2,1-2H3,(H,25,26). The molecule has 1 aliphatic carbocycles. The van der Waals surface area contributed by atoms with Gasteiger partial charge in [0.05, 0.1) is 20.3 Å². The molecule has 3 rings (SSSR count). The van der Waals surface area contributed by atoms with Gasteiger partial charge in [0, 0.05) is 18.2 Å². The minimum absolute atomic E-state index is 0.0781. The minimum Gasteiger partial charge on any atom is -0.497 e. The summed E-state index contributed by atoms with van der Waals surface area (Å²) in [5.74, 6) is 12.7. The van der Waals surface area contributed by atoms with E-state index in [0.717, 1.165) is 11.1 Å². The van der Waals surface area contributed by atoms with Gasteiger partial charge in [0.2, 0.25) is 0 Å². The van der Waals surface area contributed by atoms with Crippen molar-refractivity contribution in [2.45, 2.75) is 6.04 Å². The molecule has 0 radical (unpaired) electrons. The fraction of sp³-hybridized carbons (Fsp3) is 0.261. The van der Waals surface area contributed by atoms with Gasteiger partial charge in [-0.25, -0.2) is 0 Å². The first-order valence-corrected chi connectivity index (χ1v) is 9.08. The van der Waals surface area contributed by atoms with Gasteiger partial charge in [-0.3, -0.25) is 4.79 Å². The van der Waals surface area contributed by atoms with E-state index in [1.807, 2.05) is 24.3 Å². The van der Waals surface area contributed by atoms with Crippen LogP contribution in [0.15, 0.2) is 42.5 Å². The molecule has 29 heavy (non-hydrogen) atoms. The first kappa shape index (κ1) is 20.1. The van der Waals surface area contributed by atoms with Crippen molar-refractivity contribution in [3.8, 4) is 40.9 Å². The van der Waals surface area contributed by atoms with Crippen LogP contribution in [-0.4, -0.2) is 33.3 Å². The van der Waals surface area contributed by atoms with Crippen molar-refractivity contribution in [2.24, 2.45) is 11.7 Å². The number of methoxy groups -OCH3 is 2. The first-order chi connectivity index (χ1) is 14.1. The summed E-state index contributed by atoms with van der Waals surface area (Å²) in [4.78, 5) is 11.9. The Kier molecular flexibility index (Phi) is 6.63. The third-order valence-electron chi connectivity index (χ3n) is 4.44. The monoisotopic (exact) mass is 390 g/mol. The number of benzene rings is 2. The molecule has 0 heterocycles. The van der Waals surface area contributed by atoms with Crippen LogP contribution in [0.4, 0.5) is 0 Å². The van der Waals surface area contributed by atoms with Gasteiger partial charge in [0.1, 0.15) is 23.2 Å². The Labute approximate surface area is 170 Å². The zero-order valence-corrected chi connectivity index (χ0v) is 16.3. The lowest BCUT2D eigenvalue weighted by Crippen LogP contribution is -2.32. The zero-order valence-electron chi connectivity index (χ0n) is 16.3. The maximum Gasteiger partial charge on any atom is 0.258 e. The Hall–Kier alpha value is -3.61. The van der Waals surface area contributed by atoms with E-state index in [4.69, 9.17) is 19.9 Å². The number of rotatable bonds is 9. The van der Waals surface area contributed by atoms with Crippen LogP contribution in [0.25, 0.3) is 0 Å². The maximum atomic E-state index is 11.9. The quantitative estimate of drug-likeness (QED) is 0.639. The highest BCUT2D eigenvalue weighted by Crippen LogP contribution is 2.32. The average molecular weight is 390 g/mol. The van der Waals surface area contributed by atoms with Crippen molar-refractivity contribution in [3.63, 3.8) is 0 Å². The van der Waals surface area contributed by atoms with Gasteiger partial charge in [-0.2, -0.15) is 0 Å². The van der Waals surface area contributed by atoms with E-state index in [1.165, 1.54) is 0 Å². The number of nitrogens with two attached hydrogens (primary N) is 1. The highest BCUT2D eigenvalue weighted by molar-refractivity contribution is 5.77. The van der Waals surface area contributed by atoms with Gasteiger partial charge in [-0.15, -0.1) is 0 Å². The van der Waals surface area contributed by atoms with Gasteiger partial charge in [-0.05, 0) is 41.7 Å². The Balaban J connectivity index is 1.56. The number of hydrogen-bond donors (Lipinski definition) is 2. The Bertz CT molecular complexity index is 974. The smallest absolute Gasteiger partial charge is 0.258 e. The largest absolute Gasteiger partial charge is 0.497 e. The predicted molar refractivity (Wildman–Crippen MR) is 110 cm³/mol. The fourth-order valence-corrected chi connectivity index (χ4v) is 2.83. The molecule has 0 bridgehead atoms. The number of amides is 1. The van der Waals surface area contributed by atoms with Crippen LogP contribution >= 0.6 is 0 Å². The van der Waals surface area contributed by atoms with Gasteiger partial charge >= 0.3 is 0 Å². The normalized spacial score (nSPS) is 12.8. The van der Waals surface area contributed by atoms with Crippen molar-refractivity contribution in [1.82, 2.24) is 5.32 Å². The molecule has 0 spiro atoms. The summed E-state index contributed by atoms with van der Waals surface area (Å²) in [5.41, 5.74) is 8.15. The van der Waals surface area contributed by atoms with Gasteiger partial charge < -0.3 is 25.3 Å². The minimum atomic E-state index is -0.373. The van der Waals surface area contributed by atoms with Crippen LogP contribution in [0.1, 0.15) is 17.2 Å². The van der Waals surface area contributed by atoms with Crippen LogP contribution in [-0.2, 0) is 4.79 Å². The predicted octanol–water partition coefficient (Wildman–Crippen LogP) is 1.88. The van der Waals surface area contributed by atoms with Gasteiger partial charge in [0.25, 0.3) is 5.91 Å². The van der Waals surface area contributed by atoms with E-state index >= 15 is 0 Å². The lowest BCUT2D eigenvalue weighted by atomic mass is 9.98. The van der Waals surface area contributed by atoms with Crippen LogP contribution in [0.3, 0.4) is 0 Å². The molecule has 1 atom stereocenters. The second-order valence-electron chi connectivity index (χ2n) is 6.34. The number of nitrogens with one attached hydrogen (secondary N) is 1. The van der Waals surface area contributed by atoms with Crippen LogP contribution in [0.2, 0.25) is 0 Å². The zero-order chi connectivity index (χ0) is 20.6. The number of hydrogen-bond acceptors (Lipinski definition) is 5. The summed E-state index contributed by atoms with van der Waals surface area (Å²) in [6.07, 6.45) is 0. The highest BCUT2D eigenvalue weighted by Gasteiger charge is 2.15. The SMILES string of the molecule is COc1ccc(C(N)c2ccc(OCC(=O)NCC3C#CC#C3)cc2)c(OC)c1. The van der Waals surface area contributed by atoms with Crippen LogP contribution in [0.5, 0.6) is 17.2 Å². The fourth-order valence-electron chi connectivity index (χ4n) is 2.83. The second kappa shape index (κ2) is 9.54. The summed E-state index contributed by atoms with van der Waals surface area (Å²) in [7, 11) is 3.20. The maximum absolute atomic E-state index is 11.9. The molecule has 6 nitrogen and oxygen atoms in total. The van der Waals surface area contributed by atoms with E-state index in [2.05, 4.69) is 29.0 Å². The lowest BCUT2D eigenvalue weighted by Gasteiger charge is -2.17. The Morgan fingerprint density at radius 2 is 1.76 bits per heavy atom. The third kappa shape index (κ3) is 5.22. The number of carbonyl (C=O) groups is 1. The van der Waals surface area contributed by atoms with Crippen molar-refractivity contribution in [2.75, 3.05) is 27.4 Å². The van der Waals surface area contributed by atoms with Gasteiger partial charge in [0.15, 0.2) is 6.61 Å². The van der Waals surface area contributed by atoms with E-state index in [9.17, 15) is 4.79 Å². The molecular formula is C23H22N2O4. The molecule has 6 heteroatoms. The summed E-state index contributed by atoms with van der Waals surface area (Å²) < 4.78 is 16.2. The molecule has 2 aromatic rings. The molecule has 148 valence electrons. The molecule has 1 amide bonds. The average Bonchev–Trinajstić information content (AvgIpc) is 3.29. The van der Waals surface area contributed by atoms with E-state index < -0.39 is 0 Å². The molecule has 1 unspecified atom stereocenters. The van der Waals surface area contributed by atoms with Crippen molar-refractivity contribution in [1.29, 1.82) is 0 Å². The molecular weight excluding hydrogens is 368 g/mol. The molecule has 1 aliphatic rings. The van der Waals surface area contributed by atoms with Crippen molar-refractivity contribution >= 4 is 5.91 Å². The molecule has 0 aromatic heterocycles. The summed E-state index contributed by atoms with van der Waals surface area (Å²) in [5, 5.41) is 2.75. The van der Waals surface area contributed by atoms with Crippen LogP contribution in [0, 0.1) is 29.6 Å². The molecule has 0 aliphatic heterocycles. The summed E-state index contributed by atoms with van der Waals surface area (Å²) in [6, 6.07) is 12.5. The molecule has 0 saturated carbocycles.